The standard InChI is InChI=1S/C16H13FN2O5S2/c17-12-5-7-13(8-6-12)26(23,24)18-19-14(20)9-25-15(19)10-1-3-11(4-2-10)16(21)22/h1-8,15,18H,9H2,(H,21,22). The lowest BCUT2D eigenvalue weighted by atomic mass is 10.1. The number of halogens is 1. The lowest BCUT2D eigenvalue weighted by molar-refractivity contribution is -0.129. The van der Waals surface area contributed by atoms with Crippen molar-refractivity contribution >= 4 is 33.7 Å². The minimum Gasteiger partial charge on any atom is -0.478 e. The maximum Gasteiger partial charge on any atom is 0.335 e. The average Bonchev–Trinajstić information content (AvgIpc) is 2.95. The lowest BCUT2D eigenvalue weighted by Gasteiger charge is -2.24. The van der Waals surface area contributed by atoms with E-state index < -0.39 is 33.1 Å². The number of sulfonamides is 1. The van der Waals surface area contributed by atoms with Gasteiger partial charge in [0.1, 0.15) is 11.2 Å². The highest BCUT2D eigenvalue weighted by Gasteiger charge is 2.36. The predicted molar refractivity (Wildman–Crippen MR) is 92.2 cm³/mol. The molecular weight excluding hydrogens is 383 g/mol. The zero-order valence-corrected chi connectivity index (χ0v) is 14.8. The summed E-state index contributed by atoms with van der Waals surface area (Å²) in [6, 6.07) is 10.0. The number of nitrogens with zero attached hydrogens (tertiary/aromatic N) is 1. The largest absolute Gasteiger partial charge is 0.478 e. The van der Waals surface area contributed by atoms with Crippen molar-refractivity contribution in [1.82, 2.24) is 9.84 Å². The van der Waals surface area contributed by atoms with Crippen LogP contribution in [-0.2, 0) is 14.8 Å². The van der Waals surface area contributed by atoms with Gasteiger partial charge in [0, 0.05) is 0 Å². The Bertz CT molecular complexity index is 946. The number of amides is 1. The number of carbonyl (C=O) groups excluding carboxylic acids is 1. The highest BCUT2D eigenvalue weighted by molar-refractivity contribution is 8.00. The fraction of sp³-hybridized carbons (Fsp3) is 0.125. The van der Waals surface area contributed by atoms with Crippen molar-refractivity contribution in [3.05, 3.63) is 65.5 Å². The highest BCUT2D eigenvalue weighted by Crippen LogP contribution is 2.37. The molecule has 1 unspecified atom stereocenters. The van der Waals surface area contributed by atoms with Gasteiger partial charge >= 0.3 is 5.97 Å². The van der Waals surface area contributed by atoms with Gasteiger partial charge in [-0.1, -0.05) is 12.1 Å². The number of hydrazine groups is 1. The van der Waals surface area contributed by atoms with Crippen LogP contribution in [0.25, 0.3) is 0 Å². The van der Waals surface area contributed by atoms with Crippen LogP contribution >= 0.6 is 11.8 Å². The first-order valence-electron chi connectivity index (χ1n) is 7.33. The maximum atomic E-state index is 13.0. The molecule has 2 aromatic carbocycles. The second-order valence-corrected chi connectivity index (χ2v) is 8.13. The zero-order valence-electron chi connectivity index (χ0n) is 13.1. The first-order chi connectivity index (χ1) is 12.3. The van der Waals surface area contributed by atoms with Crippen LogP contribution in [-0.4, -0.2) is 36.2 Å². The summed E-state index contributed by atoms with van der Waals surface area (Å²) in [7, 11) is -4.07. The molecule has 26 heavy (non-hydrogen) atoms. The number of carboxylic acid groups (broad SMARTS) is 1. The van der Waals surface area contributed by atoms with Crippen LogP contribution in [0.2, 0.25) is 0 Å². The molecule has 136 valence electrons. The van der Waals surface area contributed by atoms with E-state index in [1.165, 1.54) is 36.0 Å². The van der Waals surface area contributed by atoms with Crippen molar-refractivity contribution in [3.63, 3.8) is 0 Å². The van der Waals surface area contributed by atoms with Crippen molar-refractivity contribution in [3.8, 4) is 0 Å². The molecular formula is C16H13FN2O5S2. The smallest absolute Gasteiger partial charge is 0.335 e. The van der Waals surface area contributed by atoms with Crippen LogP contribution in [0, 0.1) is 5.82 Å². The van der Waals surface area contributed by atoms with E-state index in [0.717, 1.165) is 29.3 Å². The molecule has 0 aliphatic carbocycles. The molecule has 0 radical (unpaired) electrons. The number of hydrogen-bond donors (Lipinski definition) is 2. The van der Waals surface area contributed by atoms with Gasteiger partial charge in [-0.05, 0) is 42.0 Å². The third-order valence-electron chi connectivity index (χ3n) is 3.65. The Morgan fingerprint density at radius 1 is 1.15 bits per heavy atom. The van der Waals surface area contributed by atoms with Crippen LogP contribution in [0.1, 0.15) is 21.3 Å². The molecule has 0 bridgehead atoms. The SMILES string of the molecule is O=C(O)c1ccc(C2SCC(=O)N2NS(=O)(=O)c2ccc(F)cc2)cc1. The molecule has 2 N–H and O–H groups in total. The second kappa shape index (κ2) is 7.06. The van der Waals surface area contributed by atoms with Gasteiger partial charge in [-0.2, -0.15) is 0 Å². The van der Waals surface area contributed by atoms with Crippen molar-refractivity contribution < 1.29 is 27.5 Å². The third kappa shape index (κ3) is 3.71. The van der Waals surface area contributed by atoms with Gasteiger partial charge in [0.05, 0.1) is 16.2 Å². The average molecular weight is 396 g/mol. The van der Waals surface area contributed by atoms with Gasteiger partial charge in [0.25, 0.3) is 10.0 Å². The van der Waals surface area contributed by atoms with Gasteiger partial charge in [-0.25, -0.2) is 22.6 Å². The van der Waals surface area contributed by atoms with Crippen molar-refractivity contribution in [2.75, 3.05) is 5.75 Å². The highest BCUT2D eigenvalue weighted by atomic mass is 32.2. The molecule has 3 rings (SSSR count). The number of benzene rings is 2. The van der Waals surface area contributed by atoms with E-state index in [1.54, 1.807) is 0 Å². The van der Waals surface area contributed by atoms with Gasteiger partial charge in [-0.15, -0.1) is 16.6 Å². The zero-order chi connectivity index (χ0) is 18.9. The van der Waals surface area contributed by atoms with Crippen molar-refractivity contribution in [2.24, 2.45) is 0 Å². The van der Waals surface area contributed by atoms with E-state index in [4.69, 9.17) is 5.11 Å². The van der Waals surface area contributed by atoms with E-state index in [9.17, 15) is 22.4 Å². The van der Waals surface area contributed by atoms with Crippen LogP contribution in [0.4, 0.5) is 4.39 Å². The molecule has 10 heteroatoms. The molecule has 1 amide bonds. The quantitative estimate of drug-likeness (QED) is 0.801. The first-order valence-corrected chi connectivity index (χ1v) is 9.86. The lowest BCUT2D eigenvalue weighted by Crippen LogP contribution is -2.44. The van der Waals surface area contributed by atoms with Crippen molar-refractivity contribution in [1.29, 1.82) is 0 Å². The normalized spacial score (nSPS) is 17.5. The number of carbonyl (C=O) groups is 2. The number of nitrogens with one attached hydrogen (secondary N) is 1. The van der Waals surface area contributed by atoms with Crippen LogP contribution in [0.5, 0.6) is 0 Å². The summed E-state index contributed by atoms with van der Waals surface area (Å²) < 4.78 is 37.9. The summed E-state index contributed by atoms with van der Waals surface area (Å²) in [4.78, 5) is 25.1. The molecule has 0 spiro atoms. The minimum atomic E-state index is -4.07. The van der Waals surface area contributed by atoms with Gasteiger partial charge in [-0.3, -0.25) is 4.79 Å². The summed E-state index contributed by atoms with van der Waals surface area (Å²) >= 11 is 1.21. The van der Waals surface area contributed by atoms with Crippen LogP contribution < -0.4 is 4.83 Å². The van der Waals surface area contributed by atoms with E-state index >= 15 is 0 Å². The number of rotatable bonds is 5. The van der Waals surface area contributed by atoms with E-state index in [0.29, 0.717) is 5.56 Å². The Hall–Kier alpha value is -2.43. The summed E-state index contributed by atoms with van der Waals surface area (Å²) in [5, 5.41) is 9.29. The molecule has 1 heterocycles. The summed E-state index contributed by atoms with van der Waals surface area (Å²) in [5.74, 6) is -2.03. The van der Waals surface area contributed by atoms with E-state index in [2.05, 4.69) is 4.83 Å². The number of aromatic carboxylic acids is 1. The molecule has 1 saturated heterocycles. The van der Waals surface area contributed by atoms with Gasteiger partial charge in [0.15, 0.2) is 0 Å². The fourth-order valence-corrected chi connectivity index (χ4v) is 4.60. The summed E-state index contributed by atoms with van der Waals surface area (Å²) in [5.41, 5.74) is 0.661. The predicted octanol–water partition coefficient (Wildman–Crippen LogP) is 1.99. The Morgan fingerprint density at radius 2 is 1.77 bits per heavy atom. The number of hydrogen-bond acceptors (Lipinski definition) is 5. The second-order valence-electron chi connectivity index (χ2n) is 5.40. The van der Waals surface area contributed by atoms with Crippen LogP contribution in [0.15, 0.2) is 53.4 Å². The fourth-order valence-electron chi connectivity index (χ4n) is 2.36. The third-order valence-corrected chi connectivity index (χ3v) is 6.20. The molecule has 2 aromatic rings. The molecule has 0 aromatic heterocycles. The summed E-state index contributed by atoms with van der Waals surface area (Å²) in [6.07, 6.45) is 0. The number of carboxylic acids is 1. The Morgan fingerprint density at radius 3 is 2.35 bits per heavy atom. The molecule has 1 fully saturated rings. The summed E-state index contributed by atoms with van der Waals surface area (Å²) in [6.45, 7) is 0. The molecule has 7 nitrogen and oxygen atoms in total. The molecule has 0 saturated carbocycles. The van der Waals surface area contributed by atoms with E-state index in [1.807, 2.05) is 0 Å². The Balaban J connectivity index is 1.86. The molecule has 1 aliphatic rings. The van der Waals surface area contributed by atoms with Gasteiger partial charge < -0.3 is 5.11 Å². The van der Waals surface area contributed by atoms with E-state index in [-0.39, 0.29) is 16.2 Å². The topological polar surface area (TPSA) is 104 Å². The maximum absolute atomic E-state index is 13.0. The van der Waals surface area contributed by atoms with Crippen molar-refractivity contribution in [2.45, 2.75) is 10.3 Å². The monoisotopic (exact) mass is 396 g/mol. The first kappa shape index (κ1) is 18.4. The van der Waals surface area contributed by atoms with Crippen LogP contribution in [0.3, 0.4) is 0 Å². The Kier molecular flexibility index (Phi) is 4.99. The minimum absolute atomic E-state index is 0.0668. The van der Waals surface area contributed by atoms with Gasteiger partial charge in [0.2, 0.25) is 5.91 Å². The number of thioether (sulfide) groups is 1. The molecule has 1 atom stereocenters. The molecule has 1 aliphatic heterocycles. The Labute approximate surface area is 152 Å².